The minimum absolute atomic E-state index is 0.00139. The Bertz CT molecular complexity index is 346. The maximum atomic E-state index is 12.4. The van der Waals surface area contributed by atoms with Crippen LogP contribution in [0, 0.1) is 0 Å². The van der Waals surface area contributed by atoms with E-state index in [-0.39, 0.29) is 23.9 Å². The van der Waals surface area contributed by atoms with E-state index in [1.165, 1.54) is 0 Å². The molecule has 1 N–H and O–H groups in total. The van der Waals surface area contributed by atoms with E-state index in [4.69, 9.17) is 4.74 Å². The van der Waals surface area contributed by atoms with Gasteiger partial charge in [0.1, 0.15) is 12.1 Å². The number of nitrogens with zero attached hydrogens (tertiary/aromatic N) is 1. The van der Waals surface area contributed by atoms with Crippen molar-refractivity contribution in [2.75, 3.05) is 19.8 Å². The molecule has 0 unspecified atom stereocenters. The fourth-order valence-electron chi connectivity index (χ4n) is 2.51. The quantitative estimate of drug-likeness (QED) is 0.717. The van der Waals surface area contributed by atoms with Crippen LogP contribution < -0.4 is 5.32 Å². The maximum absolute atomic E-state index is 12.4. The summed E-state index contributed by atoms with van der Waals surface area (Å²) in [5, 5.41) is 2.73. The smallest absolute Gasteiger partial charge is 0.248 e. The first-order valence-electron chi connectivity index (χ1n) is 6.06. The predicted molar refractivity (Wildman–Crippen MR) is 62.4 cm³/mol. The van der Waals surface area contributed by atoms with Crippen LogP contribution in [0.15, 0.2) is 0 Å². The lowest BCUT2D eigenvalue weighted by Gasteiger charge is -2.49. The molecule has 0 aliphatic carbocycles. The van der Waals surface area contributed by atoms with E-state index in [0.29, 0.717) is 13.2 Å². The molecule has 96 valence electrons. The summed E-state index contributed by atoms with van der Waals surface area (Å²) >= 11 is 0. The van der Waals surface area contributed by atoms with Crippen molar-refractivity contribution in [2.24, 2.45) is 0 Å². The lowest BCUT2D eigenvalue weighted by atomic mass is 9.86. The third kappa shape index (κ3) is 2.16. The second-order valence-electron chi connectivity index (χ2n) is 5.67. The molecule has 2 amide bonds. The zero-order valence-corrected chi connectivity index (χ0v) is 10.7. The number of piperazine rings is 1. The van der Waals surface area contributed by atoms with Gasteiger partial charge in [0.2, 0.25) is 11.8 Å². The van der Waals surface area contributed by atoms with Gasteiger partial charge in [-0.25, -0.2) is 0 Å². The highest BCUT2D eigenvalue weighted by Gasteiger charge is 2.46. The fourth-order valence-corrected chi connectivity index (χ4v) is 2.51. The molecule has 0 bridgehead atoms. The summed E-state index contributed by atoms with van der Waals surface area (Å²) in [5.41, 5.74) is -1.04. The van der Waals surface area contributed by atoms with Gasteiger partial charge in [0.05, 0.1) is 0 Å². The van der Waals surface area contributed by atoms with Crippen LogP contribution in [0.25, 0.3) is 0 Å². The lowest BCUT2D eigenvalue weighted by Crippen LogP contribution is -2.69. The molecule has 0 aromatic heterocycles. The van der Waals surface area contributed by atoms with Gasteiger partial charge in [0.25, 0.3) is 0 Å². The molecule has 5 nitrogen and oxygen atoms in total. The van der Waals surface area contributed by atoms with Crippen LogP contribution in [0.4, 0.5) is 0 Å². The van der Waals surface area contributed by atoms with E-state index in [2.05, 4.69) is 5.32 Å². The molecule has 0 aromatic rings. The van der Waals surface area contributed by atoms with Crippen molar-refractivity contribution in [1.29, 1.82) is 0 Å². The van der Waals surface area contributed by atoms with Crippen LogP contribution in [0.5, 0.6) is 0 Å². The number of hydrogen-bond donors (Lipinski definition) is 1. The van der Waals surface area contributed by atoms with Crippen LogP contribution >= 0.6 is 0 Å². The summed E-state index contributed by atoms with van der Waals surface area (Å²) < 4.78 is 5.33. The Kier molecular flexibility index (Phi) is 2.89. The number of carbonyl (C=O) groups is 2. The summed E-state index contributed by atoms with van der Waals surface area (Å²) in [4.78, 5) is 25.8. The highest BCUT2D eigenvalue weighted by atomic mass is 16.5. The summed E-state index contributed by atoms with van der Waals surface area (Å²) in [5.74, 6) is -0.0798. The van der Waals surface area contributed by atoms with Crippen molar-refractivity contribution in [2.45, 2.75) is 44.7 Å². The first kappa shape index (κ1) is 12.4. The molecular formula is C12H20N2O3. The van der Waals surface area contributed by atoms with E-state index >= 15 is 0 Å². The predicted octanol–water partition coefficient (Wildman–Crippen LogP) is 0.292. The molecule has 2 aliphatic heterocycles. The third-order valence-corrected chi connectivity index (χ3v) is 3.76. The van der Waals surface area contributed by atoms with Gasteiger partial charge in [0, 0.05) is 18.8 Å². The number of nitrogens with one attached hydrogen (secondary N) is 1. The number of rotatable bonds is 1. The first-order valence-corrected chi connectivity index (χ1v) is 6.06. The van der Waals surface area contributed by atoms with Gasteiger partial charge in [-0.3, -0.25) is 9.59 Å². The molecule has 17 heavy (non-hydrogen) atoms. The summed E-state index contributed by atoms with van der Waals surface area (Å²) in [7, 11) is 0. The van der Waals surface area contributed by atoms with Crippen LogP contribution in [-0.4, -0.2) is 47.6 Å². The van der Waals surface area contributed by atoms with Gasteiger partial charge >= 0.3 is 0 Å². The van der Waals surface area contributed by atoms with Gasteiger partial charge in [0.15, 0.2) is 0 Å². The van der Waals surface area contributed by atoms with Gasteiger partial charge in [-0.2, -0.15) is 0 Å². The Balaban J connectivity index is 2.24. The third-order valence-electron chi connectivity index (χ3n) is 3.76. The van der Waals surface area contributed by atoms with Crippen molar-refractivity contribution < 1.29 is 14.3 Å². The highest BCUT2D eigenvalue weighted by molar-refractivity contribution is 5.97. The summed E-state index contributed by atoms with van der Waals surface area (Å²) in [6.07, 6.45) is 1.59. The van der Waals surface area contributed by atoms with Crippen molar-refractivity contribution in [1.82, 2.24) is 10.2 Å². The maximum Gasteiger partial charge on any atom is 0.248 e. The fraction of sp³-hybridized carbons (Fsp3) is 0.833. The Morgan fingerprint density at radius 1 is 1.18 bits per heavy atom. The largest absolute Gasteiger partial charge is 0.381 e. The zero-order chi connectivity index (χ0) is 12.7. The SMILES string of the molecule is CC1(C)NC(=O)CN(C2(C)CCOCC2)C1=O. The van der Waals surface area contributed by atoms with E-state index in [1.54, 1.807) is 18.7 Å². The van der Waals surface area contributed by atoms with E-state index < -0.39 is 5.54 Å². The minimum atomic E-state index is -0.795. The summed E-state index contributed by atoms with van der Waals surface area (Å²) in [6, 6.07) is 0. The van der Waals surface area contributed by atoms with Crippen LogP contribution in [-0.2, 0) is 14.3 Å². The normalized spacial score (nSPS) is 27.8. The van der Waals surface area contributed by atoms with Gasteiger partial charge in [-0.05, 0) is 33.6 Å². The van der Waals surface area contributed by atoms with E-state index in [0.717, 1.165) is 12.8 Å². The molecule has 2 heterocycles. The van der Waals surface area contributed by atoms with Crippen LogP contribution in [0.1, 0.15) is 33.6 Å². The van der Waals surface area contributed by atoms with Gasteiger partial charge in [-0.15, -0.1) is 0 Å². The molecule has 5 heteroatoms. The van der Waals surface area contributed by atoms with Crippen molar-refractivity contribution in [3.8, 4) is 0 Å². The molecule has 2 fully saturated rings. The molecule has 0 atom stereocenters. The summed E-state index contributed by atoms with van der Waals surface area (Å²) in [6.45, 7) is 7.02. The van der Waals surface area contributed by atoms with Crippen molar-refractivity contribution in [3.05, 3.63) is 0 Å². The second-order valence-corrected chi connectivity index (χ2v) is 5.67. The Hall–Kier alpha value is -1.10. The Labute approximate surface area is 101 Å². The number of carbonyl (C=O) groups excluding carboxylic acids is 2. The lowest BCUT2D eigenvalue weighted by molar-refractivity contribution is -0.158. The average Bonchev–Trinajstić information content (AvgIpc) is 2.23. The highest BCUT2D eigenvalue weighted by Crippen LogP contribution is 2.30. The molecule has 0 aromatic carbocycles. The van der Waals surface area contributed by atoms with Crippen LogP contribution in [0.3, 0.4) is 0 Å². The van der Waals surface area contributed by atoms with Crippen LogP contribution in [0.2, 0.25) is 0 Å². The number of hydrogen-bond acceptors (Lipinski definition) is 3. The molecule has 2 aliphatic rings. The zero-order valence-electron chi connectivity index (χ0n) is 10.7. The average molecular weight is 240 g/mol. The molecule has 2 rings (SSSR count). The molecule has 0 spiro atoms. The van der Waals surface area contributed by atoms with E-state index in [9.17, 15) is 9.59 Å². The second kappa shape index (κ2) is 3.98. The van der Waals surface area contributed by atoms with Gasteiger partial charge in [-0.1, -0.05) is 0 Å². The molecule has 0 saturated carbocycles. The van der Waals surface area contributed by atoms with Gasteiger partial charge < -0.3 is 15.0 Å². The topological polar surface area (TPSA) is 58.6 Å². The minimum Gasteiger partial charge on any atom is -0.381 e. The Morgan fingerprint density at radius 3 is 2.35 bits per heavy atom. The number of amides is 2. The molecular weight excluding hydrogens is 220 g/mol. The first-order chi connectivity index (χ1) is 7.85. The molecule has 2 saturated heterocycles. The van der Waals surface area contributed by atoms with Crippen molar-refractivity contribution >= 4 is 11.8 Å². The van der Waals surface area contributed by atoms with Crippen molar-refractivity contribution in [3.63, 3.8) is 0 Å². The molecule has 0 radical (unpaired) electrons. The monoisotopic (exact) mass is 240 g/mol. The Morgan fingerprint density at radius 2 is 1.76 bits per heavy atom. The standard InChI is InChI=1S/C12H20N2O3/c1-11(2)10(16)14(8-9(15)13-11)12(3)4-6-17-7-5-12/h4-8H2,1-3H3,(H,13,15). The van der Waals surface area contributed by atoms with E-state index in [1.807, 2.05) is 6.92 Å². The number of ether oxygens (including phenoxy) is 1.